The third-order valence-electron chi connectivity index (χ3n) is 4.63. The van der Waals surface area contributed by atoms with Crippen LogP contribution in [0.2, 0.25) is 0 Å². The fourth-order valence-electron chi connectivity index (χ4n) is 3.29. The normalized spacial score (nSPS) is 32.7. The maximum Gasteiger partial charge on any atom is 0.0728 e. The number of hydrogen-bond donors (Lipinski definition) is 1. The molecule has 1 aromatic heterocycles. The molecule has 0 saturated heterocycles. The minimum atomic E-state index is 0.639. The summed E-state index contributed by atoms with van der Waals surface area (Å²) < 4.78 is 1.97. The lowest BCUT2D eigenvalue weighted by Crippen LogP contribution is -2.33. The second kappa shape index (κ2) is 5.00. The summed E-state index contributed by atoms with van der Waals surface area (Å²) in [6, 6.07) is 0.815. The fourth-order valence-corrected chi connectivity index (χ4v) is 3.29. The summed E-state index contributed by atoms with van der Waals surface area (Å²) in [7, 11) is 2.02. The van der Waals surface area contributed by atoms with Gasteiger partial charge in [0.25, 0.3) is 0 Å². The molecule has 0 spiro atoms. The molecule has 3 rings (SSSR count). The third kappa shape index (κ3) is 2.58. The van der Waals surface area contributed by atoms with Gasteiger partial charge in [0, 0.05) is 19.0 Å². The average molecular weight is 248 g/mol. The molecule has 4 heteroatoms. The van der Waals surface area contributed by atoms with Gasteiger partial charge in [0.05, 0.1) is 11.9 Å². The molecular formula is C14H24N4. The van der Waals surface area contributed by atoms with Crippen molar-refractivity contribution in [3.8, 4) is 0 Å². The first kappa shape index (κ1) is 12.2. The largest absolute Gasteiger partial charge is 0.314 e. The van der Waals surface area contributed by atoms with Crippen LogP contribution in [0.5, 0.6) is 0 Å². The summed E-state index contributed by atoms with van der Waals surface area (Å²) in [6.07, 6.45) is 8.72. The van der Waals surface area contributed by atoms with Crippen LogP contribution >= 0.6 is 0 Å². The molecule has 1 heterocycles. The zero-order valence-electron chi connectivity index (χ0n) is 11.5. The van der Waals surface area contributed by atoms with E-state index in [9.17, 15) is 0 Å². The molecule has 4 nitrogen and oxygen atoms in total. The standard InChI is InChI=1S/C14H24N4/c1-10-3-4-11(8-15-12-5-6-12)13(7-10)14-9-16-17-18(14)2/h9-13,15H,3-8H2,1-2H3. The Labute approximate surface area is 109 Å². The van der Waals surface area contributed by atoms with Gasteiger partial charge in [-0.25, -0.2) is 0 Å². The Balaban J connectivity index is 1.70. The predicted octanol–water partition coefficient (Wildman–Crippen LogP) is 2.09. The van der Waals surface area contributed by atoms with Crippen LogP contribution in [0.15, 0.2) is 6.20 Å². The van der Waals surface area contributed by atoms with E-state index >= 15 is 0 Å². The number of nitrogens with zero attached hydrogens (tertiary/aromatic N) is 3. The number of nitrogens with one attached hydrogen (secondary N) is 1. The Kier molecular flexibility index (Phi) is 3.37. The molecule has 100 valence electrons. The Morgan fingerprint density at radius 3 is 2.83 bits per heavy atom. The van der Waals surface area contributed by atoms with Crippen LogP contribution in [0.3, 0.4) is 0 Å². The summed E-state index contributed by atoms with van der Waals surface area (Å²) in [5.74, 6) is 2.24. The maximum atomic E-state index is 4.11. The van der Waals surface area contributed by atoms with Crippen molar-refractivity contribution in [2.75, 3.05) is 6.54 Å². The lowest BCUT2D eigenvalue weighted by Gasteiger charge is -2.35. The zero-order chi connectivity index (χ0) is 12.5. The molecule has 3 atom stereocenters. The monoisotopic (exact) mass is 248 g/mol. The summed E-state index contributed by atoms with van der Waals surface area (Å²) in [6.45, 7) is 3.55. The molecule has 0 bridgehead atoms. The van der Waals surface area contributed by atoms with Gasteiger partial charge in [0.15, 0.2) is 0 Å². The molecule has 0 aliphatic heterocycles. The fraction of sp³-hybridized carbons (Fsp3) is 0.857. The van der Waals surface area contributed by atoms with Crippen molar-refractivity contribution in [1.29, 1.82) is 0 Å². The van der Waals surface area contributed by atoms with Gasteiger partial charge in [0.1, 0.15) is 0 Å². The summed E-state index contributed by atoms with van der Waals surface area (Å²) in [5, 5.41) is 11.9. The van der Waals surface area contributed by atoms with Crippen molar-refractivity contribution in [2.45, 2.75) is 51.0 Å². The lowest BCUT2D eigenvalue weighted by atomic mass is 9.73. The topological polar surface area (TPSA) is 42.7 Å². The van der Waals surface area contributed by atoms with E-state index in [-0.39, 0.29) is 0 Å². The Hall–Kier alpha value is -0.900. The SMILES string of the molecule is CC1CCC(CNC2CC2)C(c2cnnn2C)C1. The van der Waals surface area contributed by atoms with E-state index in [4.69, 9.17) is 0 Å². The number of aryl methyl sites for hydroxylation is 1. The first-order chi connectivity index (χ1) is 8.74. The lowest BCUT2D eigenvalue weighted by molar-refractivity contribution is 0.234. The highest BCUT2D eigenvalue weighted by atomic mass is 15.4. The molecule has 1 aromatic rings. The van der Waals surface area contributed by atoms with Crippen LogP contribution in [0.25, 0.3) is 0 Å². The maximum absolute atomic E-state index is 4.11. The van der Waals surface area contributed by atoms with Crippen molar-refractivity contribution < 1.29 is 0 Å². The van der Waals surface area contributed by atoms with E-state index in [2.05, 4.69) is 22.6 Å². The van der Waals surface area contributed by atoms with Crippen molar-refractivity contribution in [3.63, 3.8) is 0 Å². The molecule has 2 aliphatic carbocycles. The van der Waals surface area contributed by atoms with Crippen molar-refractivity contribution in [3.05, 3.63) is 11.9 Å². The first-order valence-corrected chi connectivity index (χ1v) is 7.32. The first-order valence-electron chi connectivity index (χ1n) is 7.32. The molecule has 0 amide bonds. The second-order valence-corrected chi connectivity index (χ2v) is 6.25. The Morgan fingerprint density at radius 2 is 2.17 bits per heavy atom. The number of aromatic nitrogens is 3. The molecule has 2 aliphatic rings. The Morgan fingerprint density at radius 1 is 1.33 bits per heavy atom. The molecular weight excluding hydrogens is 224 g/mol. The van der Waals surface area contributed by atoms with Gasteiger partial charge >= 0.3 is 0 Å². The minimum Gasteiger partial charge on any atom is -0.314 e. The Bertz CT molecular complexity index is 396. The van der Waals surface area contributed by atoms with E-state index in [0.717, 1.165) is 17.9 Å². The quantitative estimate of drug-likeness (QED) is 0.887. The molecule has 0 aromatic carbocycles. The van der Waals surface area contributed by atoms with Crippen LogP contribution < -0.4 is 5.32 Å². The van der Waals surface area contributed by atoms with Gasteiger partial charge in [-0.3, -0.25) is 4.68 Å². The average Bonchev–Trinajstić information content (AvgIpc) is 3.09. The van der Waals surface area contributed by atoms with Crippen molar-refractivity contribution in [1.82, 2.24) is 20.3 Å². The second-order valence-electron chi connectivity index (χ2n) is 6.25. The zero-order valence-corrected chi connectivity index (χ0v) is 11.5. The van der Waals surface area contributed by atoms with Gasteiger partial charge < -0.3 is 5.32 Å². The van der Waals surface area contributed by atoms with Crippen LogP contribution in [-0.2, 0) is 7.05 Å². The molecule has 18 heavy (non-hydrogen) atoms. The predicted molar refractivity (Wildman–Crippen MR) is 71.3 cm³/mol. The van der Waals surface area contributed by atoms with Crippen molar-refractivity contribution in [2.24, 2.45) is 18.9 Å². The van der Waals surface area contributed by atoms with Crippen LogP contribution in [0, 0.1) is 11.8 Å². The third-order valence-corrected chi connectivity index (χ3v) is 4.63. The molecule has 0 radical (unpaired) electrons. The number of hydrogen-bond acceptors (Lipinski definition) is 3. The van der Waals surface area contributed by atoms with Gasteiger partial charge in [-0.2, -0.15) is 0 Å². The van der Waals surface area contributed by atoms with E-state index < -0.39 is 0 Å². The molecule has 3 unspecified atom stereocenters. The molecule has 2 saturated carbocycles. The van der Waals surface area contributed by atoms with Crippen LogP contribution in [0.1, 0.15) is 50.6 Å². The molecule has 2 fully saturated rings. The van der Waals surface area contributed by atoms with Crippen LogP contribution in [-0.4, -0.2) is 27.6 Å². The molecule has 1 N–H and O–H groups in total. The summed E-state index contributed by atoms with van der Waals surface area (Å²) in [5.41, 5.74) is 1.32. The van der Waals surface area contributed by atoms with Gasteiger partial charge in [-0.05, 0) is 44.1 Å². The van der Waals surface area contributed by atoms with E-state index in [1.165, 1.54) is 44.3 Å². The minimum absolute atomic E-state index is 0.639. The van der Waals surface area contributed by atoms with Gasteiger partial charge in [0.2, 0.25) is 0 Å². The number of rotatable bonds is 4. The highest BCUT2D eigenvalue weighted by Crippen LogP contribution is 2.40. The summed E-state index contributed by atoms with van der Waals surface area (Å²) >= 11 is 0. The van der Waals surface area contributed by atoms with Crippen LogP contribution in [0.4, 0.5) is 0 Å². The van der Waals surface area contributed by atoms with E-state index in [1.807, 2.05) is 17.9 Å². The van der Waals surface area contributed by atoms with Gasteiger partial charge in [-0.1, -0.05) is 18.6 Å². The van der Waals surface area contributed by atoms with E-state index in [1.54, 1.807) is 0 Å². The van der Waals surface area contributed by atoms with Crippen molar-refractivity contribution >= 4 is 0 Å². The van der Waals surface area contributed by atoms with Gasteiger partial charge in [-0.15, -0.1) is 5.10 Å². The van der Waals surface area contributed by atoms with E-state index in [0.29, 0.717) is 5.92 Å². The highest BCUT2D eigenvalue weighted by molar-refractivity contribution is 5.07. The smallest absolute Gasteiger partial charge is 0.0728 e. The highest BCUT2D eigenvalue weighted by Gasteiger charge is 2.33. The summed E-state index contributed by atoms with van der Waals surface area (Å²) in [4.78, 5) is 0.